The number of aromatic nitrogens is 1. The molecule has 0 bridgehead atoms. The lowest BCUT2D eigenvalue weighted by molar-refractivity contribution is 0.102. The van der Waals surface area contributed by atoms with Crippen LogP contribution in [-0.4, -0.2) is 10.9 Å². The van der Waals surface area contributed by atoms with Crippen molar-refractivity contribution in [1.29, 1.82) is 0 Å². The van der Waals surface area contributed by atoms with E-state index in [4.69, 9.17) is 4.42 Å². The molecule has 0 saturated heterocycles. The van der Waals surface area contributed by atoms with Crippen molar-refractivity contribution in [3.05, 3.63) is 48.4 Å². The average Bonchev–Trinajstić information content (AvgIpc) is 2.97. The molecule has 1 aromatic carbocycles. The molecule has 2 heterocycles. The maximum absolute atomic E-state index is 11.7. The summed E-state index contributed by atoms with van der Waals surface area (Å²) in [6.07, 6.45) is 2.87. The van der Waals surface area contributed by atoms with Gasteiger partial charge in [-0.3, -0.25) is 10.1 Å². The summed E-state index contributed by atoms with van der Waals surface area (Å²) in [5.41, 5.74) is 1.38. The van der Waals surface area contributed by atoms with Crippen molar-refractivity contribution in [3.63, 3.8) is 0 Å². The molecule has 0 aliphatic carbocycles. The third kappa shape index (κ3) is 1.92. The monoisotopic (exact) mass is 244 g/mol. The second-order valence-electron chi connectivity index (χ2n) is 3.45. The predicted octanol–water partition coefficient (Wildman–Crippen LogP) is 3.14. The molecule has 1 amide bonds. The first kappa shape index (κ1) is 10.0. The maximum atomic E-state index is 11.7. The van der Waals surface area contributed by atoms with Crippen molar-refractivity contribution in [2.24, 2.45) is 0 Å². The van der Waals surface area contributed by atoms with Crippen molar-refractivity contribution in [3.8, 4) is 0 Å². The van der Waals surface area contributed by atoms with Gasteiger partial charge in [0.1, 0.15) is 6.26 Å². The lowest BCUT2D eigenvalue weighted by Crippen LogP contribution is -2.10. The molecular formula is C12H8N2O2S. The highest BCUT2D eigenvalue weighted by Gasteiger charge is 2.10. The standard InChI is InChI=1S/C12H8N2O2S/c15-11(8-5-6-16-7-8)14-12-13-9-3-1-2-4-10(9)17-12/h1-7H,(H,13,14,15). The zero-order valence-corrected chi connectivity index (χ0v) is 9.53. The average molecular weight is 244 g/mol. The van der Waals surface area contributed by atoms with Gasteiger partial charge in [0.15, 0.2) is 5.13 Å². The van der Waals surface area contributed by atoms with Crippen LogP contribution >= 0.6 is 11.3 Å². The summed E-state index contributed by atoms with van der Waals surface area (Å²) in [5.74, 6) is -0.210. The number of anilines is 1. The zero-order valence-electron chi connectivity index (χ0n) is 8.71. The van der Waals surface area contributed by atoms with E-state index in [9.17, 15) is 4.79 Å². The fourth-order valence-corrected chi connectivity index (χ4v) is 2.35. The molecule has 1 N–H and O–H groups in total. The Morgan fingerprint density at radius 3 is 2.94 bits per heavy atom. The predicted molar refractivity (Wildman–Crippen MR) is 66.3 cm³/mol. The van der Waals surface area contributed by atoms with E-state index >= 15 is 0 Å². The minimum absolute atomic E-state index is 0.210. The van der Waals surface area contributed by atoms with Gasteiger partial charge in [0.05, 0.1) is 22.0 Å². The Balaban J connectivity index is 1.88. The Bertz CT molecular complexity index is 625. The van der Waals surface area contributed by atoms with Crippen molar-refractivity contribution in [2.75, 3.05) is 5.32 Å². The number of carbonyl (C=O) groups is 1. The van der Waals surface area contributed by atoms with Gasteiger partial charge in [0, 0.05) is 0 Å². The number of fused-ring (bicyclic) bond motifs is 1. The molecule has 0 radical (unpaired) electrons. The molecule has 3 rings (SSSR count). The first-order chi connectivity index (χ1) is 8.33. The Labute approximate surface area is 101 Å². The number of thiazole rings is 1. The van der Waals surface area contributed by atoms with Crippen LogP contribution in [0.1, 0.15) is 10.4 Å². The summed E-state index contributed by atoms with van der Waals surface area (Å²) < 4.78 is 5.91. The highest BCUT2D eigenvalue weighted by Crippen LogP contribution is 2.25. The van der Waals surface area contributed by atoms with E-state index in [0.717, 1.165) is 10.2 Å². The summed E-state index contributed by atoms with van der Waals surface area (Å²) in [4.78, 5) is 16.1. The van der Waals surface area contributed by atoms with Gasteiger partial charge in [-0.1, -0.05) is 23.5 Å². The van der Waals surface area contributed by atoms with E-state index in [2.05, 4.69) is 10.3 Å². The second-order valence-corrected chi connectivity index (χ2v) is 4.48. The van der Waals surface area contributed by atoms with E-state index in [-0.39, 0.29) is 5.91 Å². The Morgan fingerprint density at radius 1 is 1.29 bits per heavy atom. The smallest absolute Gasteiger partial charge is 0.260 e. The summed E-state index contributed by atoms with van der Waals surface area (Å²) in [6.45, 7) is 0. The first-order valence-corrected chi connectivity index (χ1v) is 5.84. The third-order valence-electron chi connectivity index (χ3n) is 2.30. The molecule has 3 aromatic rings. The number of nitrogens with zero attached hydrogens (tertiary/aromatic N) is 1. The number of hydrogen-bond donors (Lipinski definition) is 1. The van der Waals surface area contributed by atoms with E-state index in [0.29, 0.717) is 10.7 Å². The van der Waals surface area contributed by atoms with Gasteiger partial charge in [-0.25, -0.2) is 4.98 Å². The zero-order chi connectivity index (χ0) is 11.7. The van der Waals surface area contributed by atoms with E-state index in [1.165, 1.54) is 23.9 Å². The molecule has 0 aliphatic rings. The molecule has 4 nitrogen and oxygen atoms in total. The second kappa shape index (κ2) is 4.03. The number of para-hydroxylation sites is 1. The highest BCUT2D eigenvalue weighted by atomic mass is 32.1. The van der Waals surface area contributed by atoms with Crippen molar-refractivity contribution in [1.82, 2.24) is 4.98 Å². The summed E-state index contributed by atoms with van der Waals surface area (Å²) >= 11 is 1.45. The Morgan fingerprint density at radius 2 is 2.18 bits per heavy atom. The number of carbonyl (C=O) groups excluding carboxylic acids is 1. The van der Waals surface area contributed by atoms with Gasteiger partial charge in [-0.15, -0.1) is 0 Å². The van der Waals surface area contributed by atoms with Gasteiger partial charge in [0.25, 0.3) is 5.91 Å². The number of nitrogens with one attached hydrogen (secondary N) is 1. The van der Waals surface area contributed by atoms with Crippen LogP contribution < -0.4 is 5.32 Å². The van der Waals surface area contributed by atoms with E-state index in [1.807, 2.05) is 24.3 Å². The number of benzene rings is 1. The highest BCUT2D eigenvalue weighted by molar-refractivity contribution is 7.22. The van der Waals surface area contributed by atoms with Crippen LogP contribution in [0.5, 0.6) is 0 Å². The lowest BCUT2D eigenvalue weighted by Gasteiger charge is -1.96. The molecule has 5 heteroatoms. The summed E-state index contributed by atoms with van der Waals surface area (Å²) in [7, 11) is 0. The third-order valence-corrected chi connectivity index (χ3v) is 3.25. The number of rotatable bonds is 2. The van der Waals surface area contributed by atoms with Gasteiger partial charge in [0.2, 0.25) is 0 Å². The minimum Gasteiger partial charge on any atom is -0.472 e. The molecule has 17 heavy (non-hydrogen) atoms. The largest absolute Gasteiger partial charge is 0.472 e. The SMILES string of the molecule is O=C(Nc1nc2ccccc2s1)c1ccoc1. The van der Waals surface area contributed by atoms with Crippen LogP contribution in [0.2, 0.25) is 0 Å². The van der Waals surface area contributed by atoms with Crippen LogP contribution in [0.15, 0.2) is 47.3 Å². The van der Waals surface area contributed by atoms with Crippen LogP contribution in [0, 0.1) is 0 Å². The molecule has 0 spiro atoms. The first-order valence-electron chi connectivity index (χ1n) is 5.02. The summed E-state index contributed by atoms with van der Waals surface area (Å²) in [6, 6.07) is 9.37. The number of amides is 1. The molecule has 0 unspecified atom stereocenters. The summed E-state index contributed by atoms with van der Waals surface area (Å²) in [5, 5.41) is 3.34. The van der Waals surface area contributed by atoms with Gasteiger partial charge < -0.3 is 4.42 Å². The number of hydrogen-bond acceptors (Lipinski definition) is 4. The molecule has 0 aliphatic heterocycles. The fourth-order valence-electron chi connectivity index (χ4n) is 1.49. The van der Waals surface area contributed by atoms with Gasteiger partial charge in [-0.2, -0.15) is 0 Å². The van der Waals surface area contributed by atoms with E-state index in [1.54, 1.807) is 6.07 Å². The molecule has 0 fully saturated rings. The quantitative estimate of drug-likeness (QED) is 0.753. The molecule has 0 saturated carbocycles. The minimum atomic E-state index is -0.210. The normalized spacial score (nSPS) is 10.6. The van der Waals surface area contributed by atoms with Crippen LogP contribution in [0.4, 0.5) is 5.13 Å². The number of furan rings is 1. The topological polar surface area (TPSA) is 55.1 Å². The Hall–Kier alpha value is -2.14. The molecular weight excluding hydrogens is 236 g/mol. The maximum Gasteiger partial charge on any atom is 0.260 e. The van der Waals surface area contributed by atoms with Crippen LogP contribution in [-0.2, 0) is 0 Å². The molecule has 84 valence electrons. The van der Waals surface area contributed by atoms with Crippen LogP contribution in [0.3, 0.4) is 0 Å². The lowest BCUT2D eigenvalue weighted by atomic mass is 10.3. The van der Waals surface area contributed by atoms with Gasteiger partial charge in [-0.05, 0) is 18.2 Å². The Kier molecular flexibility index (Phi) is 2.38. The van der Waals surface area contributed by atoms with Crippen molar-refractivity contribution < 1.29 is 9.21 Å². The van der Waals surface area contributed by atoms with Gasteiger partial charge >= 0.3 is 0 Å². The van der Waals surface area contributed by atoms with Crippen molar-refractivity contribution in [2.45, 2.75) is 0 Å². The molecule has 2 aromatic heterocycles. The molecule has 0 atom stereocenters. The van der Waals surface area contributed by atoms with Crippen molar-refractivity contribution >= 4 is 32.6 Å². The van der Waals surface area contributed by atoms with E-state index < -0.39 is 0 Å². The fraction of sp³-hybridized carbons (Fsp3) is 0. The van der Waals surface area contributed by atoms with Crippen LogP contribution in [0.25, 0.3) is 10.2 Å².